The van der Waals surface area contributed by atoms with Gasteiger partial charge in [-0.05, 0) is 38.5 Å². The van der Waals surface area contributed by atoms with Gasteiger partial charge in [0.25, 0.3) is 5.91 Å². The number of benzene rings is 1. The molecule has 0 radical (unpaired) electrons. The Balaban J connectivity index is 2.15. The van der Waals surface area contributed by atoms with Crippen LogP contribution in [0.4, 0.5) is 10.1 Å². The van der Waals surface area contributed by atoms with Gasteiger partial charge in [-0.25, -0.2) is 14.0 Å². The SMILES string of the molecule is CCOC(=O)c1c(C)[nH]c(C(=O)OCC(=O)N(CCC#N)c2ccccc2F)c1C. The van der Waals surface area contributed by atoms with Crippen molar-refractivity contribution in [2.75, 3.05) is 24.7 Å². The molecule has 0 aliphatic rings. The molecule has 0 aliphatic carbocycles. The number of rotatable bonds is 8. The molecule has 0 fully saturated rings. The van der Waals surface area contributed by atoms with Gasteiger partial charge in [0, 0.05) is 12.2 Å². The summed E-state index contributed by atoms with van der Waals surface area (Å²) in [6, 6.07) is 7.52. The van der Waals surface area contributed by atoms with E-state index in [1.54, 1.807) is 26.8 Å². The van der Waals surface area contributed by atoms with Crippen LogP contribution in [0.5, 0.6) is 0 Å². The van der Waals surface area contributed by atoms with E-state index in [9.17, 15) is 18.8 Å². The Bertz CT molecular complexity index is 993. The molecular formula is C21H22FN3O5. The van der Waals surface area contributed by atoms with Crippen molar-refractivity contribution in [3.8, 4) is 6.07 Å². The number of anilines is 1. The van der Waals surface area contributed by atoms with Crippen LogP contribution in [-0.2, 0) is 14.3 Å². The van der Waals surface area contributed by atoms with E-state index in [2.05, 4.69) is 4.98 Å². The third-order valence-corrected chi connectivity index (χ3v) is 4.34. The first-order valence-corrected chi connectivity index (χ1v) is 9.27. The topological polar surface area (TPSA) is 112 Å². The third-order valence-electron chi connectivity index (χ3n) is 4.34. The van der Waals surface area contributed by atoms with Gasteiger partial charge in [-0.1, -0.05) is 12.1 Å². The lowest BCUT2D eigenvalue weighted by atomic mass is 10.1. The maximum Gasteiger partial charge on any atom is 0.355 e. The van der Waals surface area contributed by atoms with Crippen LogP contribution in [0.15, 0.2) is 24.3 Å². The standard InChI is InChI=1S/C21H22FN3O5/c1-4-29-20(27)18-13(2)19(24-14(18)3)21(28)30-12-17(26)25(11-7-10-23)16-9-6-5-8-15(16)22/h5-6,8-9,24H,4,7,11-12H2,1-3H3. The second-order valence-corrected chi connectivity index (χ2v) is 6.33. The first-order valence-electron chi connectivity index (χ1n) is 9.27. The van der Waals surface area contributed by atoms with Crippen molar-refractivity contribution in [1.29, 1.82) is 5.26 Å². The molecule has 1 N–H and O–H groups in total. The number of halogens is 1. The minimum Gasteiger partial charge on any atom is -0.462 e. The van der Waals surface area contributed by atoms with Crippen LogP contribution in [0.1, 0.15) is 45.4 Å². The van der Waals surface area contributed by atoms with Crippen LogP contribution >= 0.6 is 0 Å². The number of esters is 2. The molecule has 0 unspecified atom stereocenters. The fourth-order valence-corrected chi connectivity index (χ4v) is 2.95. The highest BCUT2D eigenvalue weighted by Gasteiger charge is 2.25. The lowest BCUT2D eigenvalue weighted by molar-refractivity contribution is -0.121. The van der Waals surface area contributed by atoms with Gasteiger partial charge in [-0.15, -0.1) is 0 Å². The Morgan fingerprint density at radius 2 is 1.87 bits per heavy atom. The van der Waals surface area contributed by atoms with E-state index in [4.69, 9.17) is 14.7 Å². The highest BCUT2D eigenvalue weighted by molar-refractivity contribution is 6.00. The lowest BCUT2D eigenvalue weighted by Crippen LogP contribution is -2.36. The monoisotopic (exact) mass is 415 g/mol. The van der Waals surface area contributed by atoms with Crippen molar-refractivity contribution < 1.29 is 28.2 Å². The fraction of sp³-hybridized carbons (Fsp3) is 0.333. The molecule has 0 aliphatic heterocycles. The van der Waals surface area contributed by atoms with Gasteiger partial charge in [0.15, 0.2) is 6.61 Å². The number of aromatic nitrogens is 1. The molecule has 8 nitrogen and oxygen atoms in total. The van der Waals surface area contributed by atoms with Crippen LogP contribution in [-0.4, -0.2) is 42.6 Å². The number of hydrogen-bond acceptors (Lipinski definition) is 6. The molecule has 0 atom stereocenters. The summed E-state index contributed by atoms with van der Waals surface area (Å²) >= 11 is 0. The predicted molar refractivity (Wildman–Crippen MR) is 105 cm³/mol. The first kappa shape index (κ1) is 22.6. The molecule has 0 spiro atoms. The van der Waals surface area contributed by atoms with E-state index in [1.807, 2.05) is 6.07 Å². The number of nitrogens with zero attached hydrogens (tertiary/aromatic N) is 2. The fourth-order valence-electron chi connectivity index (χ4n) is 2.95. The molecule has 1 heterocycles. The van der Waals surface area contributed by atoms with Crippen LogP contribution in [0.2, 0.25) is 0 Å². The van der Waals surface area contributed by atoms with Crippen molar-refractivity contribution in [2.24, 2.45) is 0 Å². The van der Waals surface area contributed by atoms with E-state index < -0.39 is 30.3 Å². The molecule has 0 saturated carbocycles. The number of aryl methyl sites for hydroxylation is 1. The molecule has 9 heteroatoms. The molecule has 2 aromatic rings. The van der Waals surface area contributed by atoms with E-state index in [-0.39, 0.29) is 36.5 Å². The summed E-state index contributed by atoms with van der Waals surface area (Å²) in [5.74, 6) is -2.73. The molecule has 0 bridgehead atoms. The minimum absolute atomic E-state index is 0.00899. The molecule has 158 valence electrons. The Morgan fingerprint density at radius 1 is 1.17 bits per heavy atom. The number of ether oxygens (including phenoxy) is 2. The van der Waals surface area contributed by atoms with Gasteiger partial charge in [0.1, 0.15) is 11.5 Å². The number of carbonyl (C=O) groups excluding carboxylic acids is 3. The normalized spacial score (nSPS) is 10.2. The van der Waals surface area contributed by atoms with Crippen molar-refractivity contribution in [2.45, 2.75) is 27.2 Å². The highest BCUT2D eigenvalue weighted by atomic mass is 19.1. The summed E-state index contributed by atoms with van der Waals surface area (Å²) in [6.07, 6.45) is -0.0220. The Labute approximate surface area is 173 Å². The Morgan fingerprint density at radius 3 is 2.50 bits per heavy atom. The molecule has 0 saturated heterocycles. The van der Waals surface area contributed by atoms with E-state index >= 15 is 0 Å². The summed E-state index contributed by atoms with van der Waals surface area (Å²) in [6.45, 7) is 4.32. The molecule has 1 aromatic heterocycles. The zero-order chi connectivity index (χ0) is 22.3. The molecule has 30 heavy (non-hydrogen) atoms. The van der Waals surface area contributed by atoms with Crippen molar-refractivity contribution in [3.63, 3.8) is 0 Å². The number of nitriles is 1. The first-order chi connectivity index (χ1) is 14.3. The second-order valence-electron chi connectivity index (χ2n) is 6.33. The number of aromatic amines is 1. The van der Waals surface area contributed by atoms with Crippen LogP contribution in [0, 0.1) is 31.0 Å². The number of amides is 1. The molecule has 1 aromatic carbocycles. The summed E-state index contributed by atoms with van der Waals surface area (Å²) in [4.78, 5) is 40.9. The van der Waals surface area contributed by atoms with E-state index in [1.165, 1.54) is 18.2 Å². The zero-order valence-corrected chi connectivity index (χ0v) is 17.0. The summed E-state index contributed by atoms with van der Waals surface area (Å²) < 4.78 is 24.2. The van der Waals surface area contributed by atoms with Crippen molar-refractivity contribution in [3.05, 3.63) is 52.6 Å². The van der Waals surface area contributed by atoms with Gasteiger partial charge in [-0.2, -0.15) is 5.26 Å². The summed E-state index contributed by atoms with van der Waals surface area (Å²) in [7, 11) is 0. The lowest BCUT2D eigenvalue weighted by Gasteiger charge is -2.22. The van der Waals surface area contributed by atoms with Gasteiger partial charge >= 0.3 is 11.9 Å². The number of hydrogen-bond donors (Lipinski definition) is 1. The average Bonchev–Trinajstić information content (AvgIpc) is 3.02. The number of nitrogens with one attached hydrogen (secondary N) is 1. The number of H-pyrrole nitrogens is 1. The van der Waals surface area contributed by atoms with Crippen molar-refractivity contribution >= 4 is 23.5 Å². The number of para-hydroxylation sites is 1. The maximum atomic E-state index is 14.1. The Kier molecular flexibility index (Phi) is 7.69. The van der Waals surface area contributed by atoms with Crippen LogP contribution < -0.4 is 4.90 Å². The minimum atomic E-state index is -0.840. The zero-order valence-electron chi connectivity index (χ0n) is 17.0. The largest absolute Gasteiger partial charge is 0.462 e. The highest BCUT2D eigenvalue weighted by Crippen LogP contribution is 2.21. The quantitative estimate of drug-likeness (QED) is 0.663. The Hall–Kier alpha value is -3.67. The van der Waals surface area contributed by atoms with E-state index in [0.717, 1.165) is 4.90 Å². The molecule has 1 amide bonds. The van der Waals surface area contributed by atoms with Crippen LogP contribution in [0.3, 0.4) is 0 Å². The van der Waals surface area contributed by atoms with Gasteiger partial charge in [0.2, 0.25) is 0 Å². The van der Waals surface area contributed by atoms with Gasteiger partial charge in [0.05, 0.1) is 30.3 Å². The van der Waals surface area contributed by atoms with Gasteiger partial charge < -0.3 is 19.4 Å². The maximum absolute atomic E-state index is 14.1. The summed E-state index contributed by atoms with van der Waals surface area (Å²) in [5.41, 5.74) is 1.03. The van der Waals surface area contributed by atoms with E-state index in [0.29, 0.717) is 11.3 Å². The molecular weight excluding hydrogens is 393 g/mol. The average molecular weight is 415 g/mol. The predicted octanol–water partition coefficient (Wildman–Crippen LogP) is 3.05. The smallest absolute Gasteiger partial charge is 0.355 e. The molecule has 2 rings (SSSR count). The third kappa shape index (κ3) is 5.03. The summed E-state index contributed by atoms with van der Waals surface area (Å²) in [5, 5.41) is 8.81. The van der Waals surface area contributed by atoms with Gasteiger partial charge in [-0.3, -0.25) is 4.79 Å². The van der Waals surface area contributed by atoms with Crippen molar-refractivity contribution in [1.82, 2.24) is 4.98 Å². The van der Waals surface area contributed by atoms with Crippen LogP contribution in [0.25, 0.3) is 0 Å². The number of carbonyl (C=O) groups is 3. The second kappa shape index (κ2) is 10.2.